The van der Waals surface area contributed by atoms with Gasteiger partial charge in [-0.3, -0.25) is 10.1 Å². The average Bonchev–Trinajstić information content (AvgIpc) is 3.04. The van der Waals surface area contributed by atoms with E-state index in [1.807, 2.05) is 0 Å². The van der Waals surface area contributed by atoms with Crippen molar-refractivity contribution >= 4 is 5.91 Å². The number of nitrogens with zero attached hydrogens (tertiary/aromatic N) is 1. The Morgan fingerprint density at radius 1 is 1.20 bits per heavy atom. The van der Waals surface area contributed by atoms with Crippen LogP contribution in [0.1, 0.15) is 72.1 Å². The van der Waals surface area contributed by atoms with E-state index in [1.165, 1.54) is 38.5 Å². The van der Waals surface area contributed by atoms with Gasteiger partial charge >= 0.3 is 0 Å². The molecule has 1 amide bonds. The number of amides is 1. The Hall–Kier alpha value is -0.570. The molecule has 2 atom stereocenters. The Balaban J connectivity index is 1.83. The maximum atomic E-state index is 12.9. The molecule has 0 radical (unpaired) electrons. The predicted octanol–water partition coefficient (Wildman–Crippen LogP) is 3.29. The second kappa shape index (κ2) is 5.32. The minimum Gasteiger partial charge on any atom is -0.320 e. The number of rotatable bonds is 5. The highest BCUT2D eigenvalue weighted by atomic mass is 16.2. The van der Waals surface area contributed by atoms with Crippen LogP contribution < -0.4 is 5.32 Å². The summed E-state index contributed by atoms with van der Waals surface area (Å²) in [5.74, 6) is 1.78. The molecule has 1 aliphatic heterocycles. The summed E-state index contributed by atoms with van der Waals surface area (Å²) < 4.78 is 0. The molecular weight excluding hydrogens is 248 g/mol. The molecule has 1 N–H and O–H groups in total. The van der Waals surface area contributed by atoms with Gasteiger partial charge in [-0.15, -0.1) is 0 Å². The summed E-state index contributed by atoms with van der Waals surface area (Å²) in [6, 6.07) is 0.0728. The molecule has 1 heterocycles. The average molecular weight is 278 g/mol. The van der Waals surface area contributed by atoms with Crippen molar-refractivity contribution in [1.82, 2.24) is 10.2 Å². The van der Waals surface area contributed by atoms with Gasteiger partial charge in [0.15, 0.2) is 0 Å². The van der Waals surface area contributed by atoms with Crippen molar-refractivity contribution in [3.8, 4) is 0 Å². The minimum absolute atomic E-state index is 0.0415. The highest BCUT2D eigenvalue weighted by molar-refractivity contribution is 5.85. The topological polar surface area (TPSA) is 32.3 Å². The fourth-order valence-corrected chi connectivity index (χ4v) is 4.40. The van der Waals surface area contributed by atoms with Crippen LogP contribution in [0.2, 0.25) is 0 Å². The molecule has 0 spiro atoms. The summed E-state index contributed by atoms with van der Waals surface area (Å²) in [5.41, 5.74) is 0.0415. The second-order valence-electron chi connectivity index (χ2n) is 7.63. The third kappa shape index (κ3) is 2.38. The molecule has 20 heavy (non-hydrogen) atoms. The largest absolute Gasteiger partial charge is 0.320 e. The summed E-state index contributed by atoms with van der Waals surface area (Å²) in [5, 5.41) is 3.70. The fraction of sp³-hybridized carbons (Fsp3) is 0.941. The van der Waals surface area contributed by atoms with Crippen LogP contribution >= 0.6 is 0 Å². The third-order valence-corrected chi connectivity index (χ3v) is 5.81. The first kappa shape index (κ1) is 14.4. The zero-order valence-corrected chi connectivity index (χ0v) is 13.3. The van der Waals surface area contributed by atoms with Crippen LogP contribution in [0, 0.1) is 11.8 Å². The summed E-state index contributed by atoms with van der Waals surface area (Å²) in [6.45, 7) is 6.76. The van der Waals surface area contributed by atoms with Gasteiger partial charge in [-0.25, -0.2) is 0 Å². The number of carbonyl (C=O) groups excluding carboxylic acids is 1. The molecule has 0 bridgehead atoms. The lowest BCUT2D eigenvalue weighted by molar-refractivity contribution is -0.137. The molecule has 2 saturated carbocycles. The quantitative estimate of drug-likeness (QED) is 0.837. The highest BCUT2D eigenvalue weighted by Gasteiger charge is 2.53. The Morgan fingerprint density at radius 3 is 2.40 bits per heavy atom. The molecule has 3 fully saturated rings. The van der Waals surface area contributed by atoms with Crippen LogP contribution in [-0.4, -0.2) is 28.6 Å². The van der Waals surface area contributed by atoms with Crippen molar-refractivity contribution in [2.75, 3.05) is 0 Å². The molecule has 3 rings (SSSR count). The maximum Gasteiger partial charge on any atom is 0.241 e. The lowest BCUT2D eigenvalue weighted by Crippen LogP contribution is -2.54. The summed E-state index contributed by atoms with van der Waals surface area (Å²) in [4.78, 5) is 15.2. The van der Waals surface area contributed by atoms with Crippen LogP contribution in [0.5, 0.6) is 0 Å². The van der Waals surface area contributed by atoms with Gasteiger partial charge in [-0.05, 0) is 57.8 Å². The highest BCUT2D eigenvalue weighted by Crippen LogP contribution is 2.46. The lowest BCUT2D eigenvalue weighted by atomic mass is 9.92. The molecule has 3 aliphatic rings. The van der Waals surface area contributed by atoms with E-state index in [4.69, 9.17) is 0 Å². The van der Waals surface area contributed by atoms with E-state index in [9.17, 15) is 4.79 Å². The molecule has 2 unspecified atom stereocenters. The molecule has 114 valence electrons. The molecule has 3 nitrogen and oxygen atoms in total. The van der Waals surface area contributed by atoms with Gasteiger partial charge in [0.1, 0.15) is 0 Å². The summed E-state index contributed by atoms with van der Waals surface area (Å²) >= 11 is 0. The van der Waals surface area contributed by atoms with E-state index < -0.39 is 0 Å². The van der Waals surface area contributed by atoms with Crippen LogP contribution in [0.15, 0.2) is 0 Å². The lowest BCUT2D eigenvalue weighted by Gasteiger charge is -2.42. The van der Waals surface area contributed by atoms with Crippen LogP contribution in [0.3, 0.4) is 0 Å². The third-order valence-electron chi connectivity index (χ3n) is 5.81. The monoisotopic (exact) mass is 278 g/mol. The van der Waals surface area contributed by atoms with Crippen molar-refractivity contribution in [3.63, 3.8) is 0 Å². The zero-order valence-electron chi connectivity index (χ0n) is 13.3. The Labute approximate surface area is 123 Å². The zero-order chi connectivity index (χ0) is 14.3. The molecular formula is C17H30N2O. The fourth-order valence-electron chi connectivity index (χ4n) is 4.40. The number of carbonyl (C=O) groups is 1. The van der Waals surface area contributed by atoms with E-state index in [-0.39, 0.29) is 11.6 Å². The molecule has 1 saturated heterocycles. The van der Waals surface area contributed by atoms with E-state index in [0.29, 0.717) is 18.0 Å². The van der Waals surface area contributed by atoms with Gasteiger partial charge in [0, 0.05) is 5.54 Å². The molecule has 0 aromatic carbocycles. The molecule has 3 heteroatoms. The van der Waals surface area contributed by atoms with Crippen molar-refractivity contribution in [2.45, 2.75) is 89.9 Å². The maximum absolute atomic E-state index is 12.9. The summed E-state index contributed by atoms with van der Waals surface area (Å²) in [7, 11) is 0. The van der Waals surface area contributed by atoms with E-state index in [0.717, 1.165) is 18.8 Å². The van der Waals surface area contributed by atoms with E-state index in [2.05, 4.69) is 31.0 Å². The molecule has 2 aliphatic carbocycles. The standard InChI is InChI=1S/C17H30N2O/c1-4-7-14-16(20)19(17(2,3)13-10-11-13)15(18-14)12-8-5-6-9-12/h12-15,18H,4-11H2,1-3H3. The summed E-state index contributed by atoms with van der Waals surface area (Å²) in [6.07, 6.45) is 10.2. The Morgan fingerprint density at radius 2 is 1.85 bits per heavy atom. The molecule has 0 aromatic rings. The van der Waals surface area contributed by atoms with Gasteiger partial charge in [0.25, 0.3) is 0 Å². The molecule has 0 aromatic heterocycles. The van der Waals surface area contributed by atoms with Gasteiger partial charge in [-0.2, -0.15) is 0 Å². The van der Waals surface area contributed by atoms with Gasteiger partial charge in [-0.1, -0.05) is 26.2 Å². The predicted molar refractivity (Wildman–Crippen MR) is 81.2 cm³/mol. The number of hydrogen-bond acceptors (Lipinski definition) is 2. The van der Waals surface area contributed by atoms with Gasteiger partial charge in [0.2, 0.25) is 5.91 Å². The van der Waals surface area contributed by atoms with Crippen molar-refractivity contribution in [1.29, 1.82) is 0 Å². The van der Waals surface area contributed by atoms with Crippen molar-refractivity contribution in [2.24, 2.45) is 11.8 Å². The number of nitrogens with one attached hydrogen (secondary N) is 1. The second-order valence-corrected chi connectivity index (χ2v) is 7.63. The Kier molecular flexibility index (Phi) is 3.83. The minimum atomic E-state index is 0.0415. The normalized spacial score (nSPS) is 32.4. The van der Waals surface area contributed by atoms with Crippen molar-refractivity contribution < 1.29 is 4.79 Å². The Bertz CT molecular complexity index is 369. The first-order chi connectivity index (χ1) is 9.55. The van der Waals surface area contributed by atoms with Crippen LogP contribution in [0.4, 0.5) is 0 Å². The number of hydrogen-bond donors (Lipinski definition) is 1. The van der Waals surface area contributed by atoms with Crippen LogP contribution in [-0.2, 0) is 4.79 Å². The SMILES string of the molecule is CCCC1NC(C2CCCC2)N(C(C)(C)C2CC2)C1=O. The first-order valence-corrected chi connectivity index (χ1v) is 8.65. The van der Waals surface area contributed by atoms with E-state index in [1.54, 1.807) is 0 Å². The van der Waals surface area contributed by atoms with E-state index >= 15 is 0 Å². The smallest absolute Gasteiger partial charge is 0.241 e. The van der Waals surface area contributed by atoms with Crippen molar-refractivity contribution in [3.05, 3.63) is 0 Å². The van der Waals surface area contributed by atoms with Crippen LogP contribution in [0.25, 0.3) is 0 Å². The first-order valence-electron chi connectivity index (χ1n) is 8.65. The van der Waals surface area contributed by atoms with Gasteiger partial charge < -0.3 is 4.90 Å². The van der Waals surface area contributed by atoms with Gasteiger partial charge in [0.05, 0.1) is 12.2 Å².